The zero-order valence-electron chi connectivity index (χ0n) is 3.61. The Morgan fingerprint density at radius 3 is 0.727 bits per heavy atom. The molecular formula is CH12Na2O6P2. The molecular weight excluding hydrogens is 216 g/mol. The summed E-state index contributed by atoms with van der Waals surface area (Å²) in [6.45, 7) is 0. The molecule has 0 aliphatic heterocycles. The Hall–Kier alpha value is 2.30. The van der Waals surface area contributed by atoms with E-state index in [-0.39, 0.29) is 66.5 Å². The summed E-state index contributed by atoms with van der Waals surface area (Å²) in [6.07, 6.45) is 0. The normalized spacial score (nSPS) is 6.36. The first-order chi connectivity index (χ1) is 3.46. The van der Waals surface area contributed by atoms with Crippen LogP contribution in [0.3, 0.4) is 0 Å². The summed E-state index contributed by atoms with van der Waals surface area (Å²) in [5, 5.41) is 0. The first-order valence-electron chi connectivity index (χ1n) is 1.30. The van der Waals surface area contributed by atoms with Gasteiger partial charge in [-0.2, -0.15) is 0 Å². The minimum absolute atomic E-state index is 0. The Morgan fingerprint density at radius 1 is 0.727 bits per heavy atom. The second-order valence-electron chi connectivity index (χ2n) is 0.565. The van der Waals surface area contributed by atoms with E-state index in [0.29, 0.717) is 0 Å². The summed E-state index contributed by atoms with van der Waals surface area (Å²) >= 11 is 0. The van der Waals surface area contributed by atoms with Gasteiger partial charge in [0.15, 0.2) is 0 Å². The van der Waals surface area contributed by atoms with Crippen molar-refractivity contribution < 1.29 is 28.7 Å². The van der Waals surface area contributed by atoms with Crippen molar-refractivity contribution in [2.45, 2.75) is 7.43 Å². The van der Waals surface area contributed by atoms with Gasteiger partial charge in [0.05, 0.1) is 0 Å². The Bertz CT molecular complexity index is 76.6. The van der Waals surface area contributed by atoms with E-state index in [9.17, 15) is 0 Å². The van der Waals surface area contributed by atoms with Gasteiger partial charge in [0.2, 0.25) is 0 Å². The monoisotopic (exact) mass is 228 g/mol. The predicted octanol–water partition coefficient (Wildman–Crippen LogP) is -1.94. The first kappa shape index (κ1) is 29.2. The molecule has 0 aliphatic carbocycles. The van der Waals surface area contributed by atoms with Gasteiger partial charge in [-0.15, -0.1) is 0 Å². The average molecular weight is 228 g/mol. The van der Waals surface area contributed by atoms with Crippen LogP contribution in [0.1, 0.15) is 7.43 Å². The maximum atomic E-state index is 8.74. The van der Waals surface area contributed by atoms with E-state index in [0.717, 1.165) is 0 Å². The van der Waals surface area contributed by atoms with Gasteiger partial charge in [-0.1, -0.05) is 7.43 Å². The summed E-state index contributed by atoms with van der Waals surface area (Å²) in [5.41, 5.74) is 0. The van der Waals surface area contributed by atoms with Crippen molar-refractivity contribution in [1.29, 1.82) is 0 Å². The molecule has 0 aliphatic rings. The van der Waals surface area contributed by atoms with Crippen molar-refractivity contribution in [3.8, 4) is 0 Å². The van der Waals surface area contributed by atoms with Crippen LogP contribution in [0.4, 0.5) is 0 Å². The molecule has 0 aromatic rings. The van der Waals surface area contributed by atoms with Crippen LogP contribution < -0.4 is 0 Å². The van der Waals surface area contributed by atoms with Crippen molar-refractivity contribution in [2.24, 2.45) is 0 Å². The quantitative estimate of drug-likeness (QED) is 0.283. The van der Waals surface area contributed by atoms with Crippen LogP contribution in [-0.2, 0) is 9.13 Å². The van der Waals surface area contributed by atoms with E-state index in [1.165, 1.54) is 0 Å². The van der Waals surface area contributed by atoms with Crippen molar-refractivity contribution in [1.82, 2.24) is 0 Å². The summed E-state index contributed by atoms with van der Waals surface area (Å²) < 4.78 is 17.5. The predicted molar refractivity (Wildman–Crippen MR) is 47.9 cm³/mol. The molecule has 10 heteroatoms. The third kappa shape index (κ3) is 247. The third-order valence-corrected chi connectivity index (χ3v) is 0. The molecule has 0 aromatic heterocycles. The van der Waals surface area contributed by atoms with Gasteiger partial charge in [-0.05, 0) is 0 Å². The number of hydrogen-bond donors (Lipinski definition) is 4. The molecule has 64 valence electrons. The second-order valence-corrected chi connectivity index (χ2v) is 1.70. The van der Waals surface area contributed by atoms with Gasteiger partial charge < -0.3 is 19.6 Å². The molecule has 0 unspecified atom stereocenters. The fourth-order valence-corrected chi connectivity index (χ4v) is 0. The average Bonchev–Trinajstić information content (AvgIpc) is 1.25. The van der Waals surface area contributed by atoms with Crippen LogP contribution >= 0.6 is 16.5 Å². The Balaban J connectivity index is -0.0000000171. The third-order valence-electron chi connectivity index (χ3n) is 0. The molecule has 4 N–H and O–H groups in total. The molecule has 11 heavy (non-hydrogen) atoms. The van der Waals surface area contributed by atoms with Crippen LogP contribution in [-0.4, -0.2) is 78.7 Å². The number of hydrogen-bond acceptors (Lipinski definition) is 2. The Kier molecular flexibility index (Phi) is 60.5. The fourth-order valence-electron chi connectivity index (χ4n) is 0. The molecule has 0 bridgehead atoms. The molecule has 0 atom stereocenters. The zero-order chi connectivity index (χ0) is 7.15. The van der Waals surface area contributed by atoms with Gasteiger partial charge in [0.1, 0.15) is 0 Å². The molecule has 0 amide bonds. The van der Waals surface area contributed by atoms with E-state index >= 15 is 0 Å². The van der Waals surface area contributed by atoms with Gasteiger partial charge >= 0.3 is 75.6 Å². The maximum absolute atomic E-state index is 8.74. The van der Waals surface area contributed by atoms with Crippen molar-refractivity contribution in [3.05, 3.63) is 0 Å². The van der Waals surface area contributed by atoms with Gasteiger partial charge in [-0.3, -0.25) is 9.13 Å². The standard InChI is InChI=1S/CH4.2Na.2H3O3P.2H/c;;;2*1-4(2)3;;/h1H4;;;2*4H,(H2,1,2,3);;. The van der Waals surface area contributed by atoms with Crippen LogP contribution in [0.15, 0.2) is 0 Å². The summed E-state index contributed by atoms with van der Waals surface area (Å²) in [6, 6.07) is 0. The molecule has 0 saturated carbocycles. The van der Waals surface area contributed by atoms with Crippen molar-refractivity contribution >= 4 is 75.6 Å². The SMILES string of the molecule is C.O=[PH](O)O.O=[PH](O)O.[NaH].[NaH]. The van der Waals surface area contributed by atoms with E-state index in [4.69, 9.17) is 28.7 Å². The molecule has 0 rings (SSSR count). The second kappa shape index (κ2) is 22.8. The van der Waals surface area contributed by atoms with Crippen LogP contribution in [0.5, 0.6) is 0 Å². The number of rotatable bonds is 0. The van der Waals surface area contributed by atoms with Gasteiger partial charge in [-0.25, -0.2) is 0 Å². The topological polar surface area (TPSA) is 115 Å². The van der Waals surface area contributed by atoms with E-state index < -0.39 is 16.5 Å². The molecule has 0 saturated heterocycles. The molecule has 6 nitrogen and oxygen atoms in total. The molecule has 0 fully saturated rings. The molecule has 0 radical (unpaired) electrons. The van der Waals surface area contributed by atoms with Gasteiger partial charge in [0, 0.05) is 0 Å². The molecule has 0 heterocycles. The van der Waals surface area contributed by atoms with Crippen molar-refractivity contribution in [3.63, 3.8) is 0 Å². The van der Waals surface area contributed by atoms with Gasteiger partial charge in [0.25, 0.3) is 0 Å². The van der Waals surface area contributed by atoms with Crippen LogP contribution in [0, 0.1) is 0 Å². The van der Waals surface area contributed by atoms with Crippen LogP contribution in [0.25, 0.3) is 0 Å². The Morgan fingerprint density at radius 2 is 0.727 bits per heavy atom. The van der Waals surface area contributed by atoms with E-state index in [1.807, 2.05) is 0 Å². The van der Waals surface area contributed by atoms with Crippen LogP contribution in [0.2, 0.25) is 0 Å². The minimum atomic E-state index is -3.13. The molecule has 0 aromatic carbocycles. The van der Waals surface area contributed by atoms with E-state index in [1.54, 1.807) is 0 Å². The Labute approximate surface area is 111 Å². The molecule has 0 spiro atoms. The van der Waals surface area contributed by atoms with E-state index in [2.05, 4.69) is 0 Å². The van der Waals surface area contributed by atoms with Crippen molar-refractivity contribution in [2.75, 3.05) is 0 Å². The summed E-state index contributed by atoms with van der Waals surface area (Å²) in [4.78, 5) is 28.6. The zero-order valence-corrected chi connectivity index (χ0v) is 5.61. The first-order valence-corrected chi connectivity index (χ1v) is 3.91. The fraction of sp³-hybridized carbons (Fsp3) is 1.00. The summed E-state index contributed by atoms with van der Waals surface area (Å²) in [5.74, 6) is 0. The summed E-state index contributed by atoms with van der Waals surface area (Å²) in [7, 11) is -6.26.